The number of carbonyl (C=O) groups excluding carboxylic acids is 3. The highest BCUT2D eigenvalue weighted by atomic mass is 35.5. The number of terminal acetylenes is 1. The normalized spacial score (nSPS) is 9.36. The Morgan fingerprint density at radius 2 is 1.26 bits per heavy atom. The summed E-state index contributed by atoms with van der Waals surface area (Å²) in [4.78, 5) is 43.8. The van der Waals surface area contributed by atoms with Crippen LogP contribution in [0.4, 0.5) is 11.6 Å². The summed E-state index contributed by atoms with van der Waals surface area (Å²) in [6.45, 7) is 1.32. The summed E-state index contributed by atoms with van der Waals surface area (Å²) in [6.07, 6.45) is 9.10. The van der Waals surface area contributed by atoms with Crippen molar-refractivity contribution in [3.05, 3.63) is 106 Å². The van der Waals surface area contributed by atoms with Gasteiger partial charge < -0.3 is 10.6 Å². The molecule has 0 aliphatic rings. The van der Waals surface area contributed by atoms with Gasteiger partial charge in [0, 0.05) is 43.6 Å². The van der Waals surface area contributed by atoms with Crippen molar-refractivity contribution in [3.63, 3.8) is 0 Å². The molecule has 0 saturated carbocycles. The first-order chi connectivity index (χ1) is 18.9. The standard InChI is InChI=1S/C16H14ClN3O.C11H10ClN3.CO2/c1-2-3-4-14(21)13-7-5-12(6-8-13)10-18-16-9-15(17)19-11-20-16;12-10-6-11(15-8-14-10)13-7-9-4-2-1-3-5-9;2-1-3/h1,5-9,11H,3-4,10H2,(H,18,19,20);1-6,8H,7H2,(H,13,14,15);. The number of ketones is 1. The quantitative estimate of drug-likeness (QED) is 0.154. The Labute approximate surface area is 236 Å². The highest BCUT2D eigenvalue weighted by molar-refractivity contribution is 6.29. The van der Waals surface area contributed by atoms with Gasteiger partial charge in [0.2, 0.25) is 0 Å². The molecule has 0 saturated heterocycles. The van der Waals surface area contributed by atoms with Crippen LogP contribution in [0.1, 0.15) is 34.3 Å². The zero-order chi connectivity index (χ0) is 28.3. The predicted octanol–water partition coefficient (Wildman–Crippen LogP) is 5.50. The average molecular weight is 563 g/mol. The van der Waals surface area contributed by atoms with E-state index in [1.54, 1.807) is 12.1 Å². The summed E-state index contributed by atoms with van der Waals surface area (Å²) in [6, 6.07) is 20.9. The molecule has 2 aromatic carbocycles. The molecular formula is C28H24Cl2N6O3. The molecule has 0 bridgehead atoms. The molecule has 11 heteroatoms. The number of nitrogens with one attached hydrogen (secondary N) is 2. The number of aromatic nitrogens is 4. The van der Waals surface area contributed by atoms with Crippen LogP contribution in [-0.4, -0.2) is 31.9 Å². The first-order valence-corrected chi connectivity index (χ1v) is 12.2. The molecule has 2 aromatic heterocycles. The van der Waals surface area contributed by atoms with Gasteiger partial charge >= 0.3 is 6.15 Å². The lowest BCUT2D eigenvalue weighted by Gasteiger charge is -2.06. The summed E-state index contributed by atoms with van der Waals surface area (Å²) in [5.41, 5.74) is 2.92. The number of carbonyl (C=O) groups is 1. The first kappa shape index (κ1) is 30.6. The molecule has 4 aromatic rings. The summed E-state index contributed by atoms with van der Waals surface area (Å²) in [5, 5.41) is 7.14. The predicted molar refractivity (Wildman–Crippen MR) is 149 cm³/mol. The van der Waals surface area contributed by atoms with E-state index < -0.39 is 0 Å². The monoisotopic (exact) mass is 562 g/mol. The van der Waals surface area contributed by atoms with Crippen molar-refractivity contribution >= 4 is 46.8 Å². The Kier molecular flexibility index (Phi) is 14.0. The second-order valence-corrected chi connectivity index (χ2v) is 8.33. The van der Waals surface area contributed by atoms with Crippen LogP contribution in [0.2, 0.25) is 10.3 Å². The molecule has 0 amide bonds. The van der Waals surface area contributed by atoms with Gasteiger partial charge in [-0.25, -0.2) is 19.9 Å². The minimum atomic E-state index is 0.0649. The first-order valence-electron chi connectivity index (χ1n) is 11.5. The van der Waals surface area contributed by atoms with E-state index in [0.717, 1.165) is 17.9 Å². The molecule has 198 valence electrons. The lowest BCUT2D eigenvalue weighted by atomic mass is 10.0. The molecule has 2 heterocycles. The van der Waals surface area contributed by atoms with E-state index in [4.69, 9.17) is 39.2 Å². The Morgan fingerprint density at radius 1 is 0.769 bits per heavy atom. The fraction of sp³-hybridized carbons (Fsp3) is 0.143. The number of Topliss-reactive ketones (excluding diaryl/α,β-unsaturated/α-hetero) is 1. The maximum absolute atomic E-state index is 11.8. The third-order valence-corrected chi connectivity index (χ3v) is 5.24. The Morgan fingerprint density at radius 3 is 1.72 bits per heavy atom. The van der Waals surface area contributed by atoms with Crippen molar-refractivity contribution in [2.24, 2.45) is 0 Å². The molecule has 0 aliphatic carbocycles. The van der Waals surface area contributed by atoms with Gasteiger partial charge in [-0.3, -0.25) is 4.79 Å². The van der Waals surface area contributed by atoms with Crippen LogP contribution in [0.25, 0.3) is 0 Å². The maximum Gasteiger partial charge on any atom is 0.373 e. The van der Waals surface area contributed by atoms with Gasteiger partial charge in [-0.2, -0.15) is 9.59 Å². The highest BCUT2D eigenvalue weighted by Crippen LogP contribution is 2.13. The van der Waals surface area contributed by atoms with Crippen LogP contribution < -0.4 is 10.6 Å². The van der Waals surface area contributed by atoms with Crippen LogP contribution in [0.3, 0.4) is 0 Å². The number of nitrogens with zero attached hydrogens (tertiary/aromatic N) is 4. The number of anilines is 2. The summed E-state index contributed by atoms with van der Waals surface area (Å²) in [5.74, 6) is 3.93. The molecule has 4 rings (SSSR count). The number of rotatable bonds is 9. The SMILES string of the molecule is C#CCCC(=O)c1ccc(CNc2cc(Cl)ncn2)cc1.Clc1cc(NCc2ccccc2)ncn1.O=C=O. The van der Waals surface area contributed by atoms with Crippen LogP contribution in [0, 0.1) is 12.3 Å². The van der Waals surface area contributed by atoms with Gasteiger partial charge in [0.05, 0.1) is 0 Å². The van der Waals surface area contributed by atoms with Crippen LogP contribution in [-0.2, 0) is 22.7 Å². The smallest absolute Gasteiger partial charge is 0.366 e. The number of halogens is 2. The third-order valence-electron chi connectivity index (χ3n) is 4.83. The van der Waals surface area contributed by atoms with E-state index >= 15 is 0 Å². The molecule has 0 aliphatic heterocycles. The minimum Gasteiger partial charge on any atom is -0.366 e. The van der Waals surface area contributed by atoms with Crippen molar-refractivity contribution in [2.45, 2.75) is 25.9 Å². The van der Waals surface area contributed by atoms with E-state index in [1.165, 1.54) is 18.2 Å². The van der Waals surface area contributed by atoms with Crippen molar-refractivity contribution in [1.82, 2.24) is 19.9 Å². The average Bonchev–Trinajstić information content (AvgIpc) is 2.95. The fourth-order valence-electron chi connectivity index (χ4n) is 2.98. The Hall–Kier alpha value is -4.61. The number of benzene rings is 2. The fourth-order valence-corrected chi connectivity index (χ4v) is 3.27. The molecule has 0 unspecified atom stereocenters. The molecule has 0 atom stereocenters. The zero-order valence-corrected chi connectivity index (χ0v) is 22.2. The van der Waals surface area contributed by atoms with Crippen LogP contribution in [0.5, 0.6) is 0 Å². The van der Waals surface area contributed by atoms with Gasteiger partial charge in [-0.15, -0.1) is 12.3 Å². The van der Waals surface area contributed by atoms with E-state index in [9.17, 15) is 4.79 Å². The topological polar surface area (TPSA) is 127 Å². The maximum atomic E-state index is 11.8. The van der Waals surface area contributed by atoms with Crippen LogP contribution >= 0.6 is 23.2 Å². The minimum absolute atomic E-state index is 0.0649. The van der Waals surface area contributed by atoms with Gasteiger partial charge in [-0.05, 0) is 11.1 Å². The second kappa shape index (κ2) is 17.8. The van der Waals surface area contributed by atoms with E-state index in [1.807, 2.05) is 42.5 Å². The van der Waals surface area contributed by atoms with Gasteiger partial charge in [0.1, 0.15) is 34.6 Å². The van der Waals surface area contributed by atoms with E-state index in [0.29, 0.717) is 41.1 Å². The zero-order valence-electron chi connectivity index (χ0n) is 20.7. The lowest BCUT2D eigenvalue weighted by Crippen LogP contribution is -2.03. The van der Waals surface area contributed by atoms with Gasteiger partial charge in [0.15, 0.2) is 5.78 Å². The number of hydrogen-bond donors (Lipinski definition) is 2. The van der Waals surface area contributed by atoms with Crippen molar-refractivity contribution in [1.29, 1.82) is 0 Å². The highest BCUT2D eigenvalue weighted by Gasteiger charge is 2.05. The molecule has 0 fully saturated rings. The van der Waals surface area contributed by atoms with Gasteiger partial charge in [0.25, 0.3) is 0 Å². The van der Waals surface area contributed by atoms with Gasteiger partial charge in [-0.1, -0.05) is 77.8 Å². The van der Waals surface area contributed by atoms with Crippen molar-refractivity contribution in [3.8, 4) is 12.3 Å². The lowest BCUT2D eigenvalue weighted by molar-refractivity contribution is -0.191. The summed E-state index contributed by atoms with van der Waals surface area (Å²) >= 11 is 11.5. The summed E-state index contributed by atoms with van der Waals surface area (Å²) < 4.78 is 0. The Bertz CT molecular complexity index is 1390. The van der Waals surface area contributed by atoms with E-state index in [-0.39, 0.29) is 11.9 Å². The molecule has 39 heavy (non-hydrogen) atoms. The van der Waals surface area contributed by atoms with Crippen molar-refractivity contribution in [2.75, 3.05) is 10.6 Å². The van der Waals surface area contributed by atoms with Crippen molar-refractivity contribution < 1.29 is 14.4 Å². The molecule has 9 nitrogen and oxygen atoms in total. The summed E-state index contributed by atoms with van der Waals surface area (Å²) in [7, 11) is 0. The largest absolute Gasteiger partial charge is 0.373 e. The molecule has 0 spiro atoms. The third kappa shape index (κ3) is 12.5. The van der Waals surface area contributed by atoms with Crippen LogP contribution in [0.15, 0.2) is 79.4 Å². The molecule has 2 N–H and O–H groups in total. The van der Waals surface area contributed by atoms with E-state index in [2.05, 4.69) is 48.6 Å². The molecule has 0 radical (unpaired) electrons. The Balaban J connectivity index is 0.000000259. The second-order valence-electron chi connectivity index (χ2n) is 7.55. The number of hydrogen-bond acceptors (Lipinski definition) is 9. The molecular weight excluding hydrogens is 539 g/mol.